The molecule has 200 valence electrons. The second-order valence-electron chi connectivity index (χ2n) is 10.0. The Hall–Kier alpha value is -4.15. The number of hydrogen-bond acceptors (Lipinski definition) is 6. The molecule has 0 spiro atoms. The van der Waals surface area contributed by atoms with Crippen LogP contribution in [-0.4, -0.2) is 36.0 Å². The lowest BCUT2D eigenvalue weighted by molar-refractivity contribution is -0.161. The van der Waals surface area contributed by atoms with Gasteiger partial charge in [0, 0.05) is 18.5 Å². The van der Waals surface area contributed by atoms with E-state index in [2.05, 4.69) is 6.07 Å². The van der Waals surface area contributed by atoms with Crippen LogP contribution in [0.25, 0.3) is 0 Å². The standard InChI is InChI=1S/C32H32N2O5/c1-37-32(36)28-18-27-25(17-16-24(19-33)29(27)38-21-22-10-4-2-5-11-22)20-34(28)31(35)30(23-12-6-3-7-13-23)39-26-14-8-9-15-26/h2-7,10-13,16-17,26,28,30H,8-9,14-15,18,20-21H2,1H3/t28?,30-/m0/s1. The van der Waals surface area contributed by atoms with Crippen molar-refractivity contribution < 1.29 is 23.8 Å². The van der Waals surface area contributed by atoms with Crippen molar-refractivity contribution in [3.63, 3.8) is 0 Å². The number of hydrogen-bond donors (Lipinski definition) is 0. The second kappa shape index (κ2) is 12.1. The molecule has 1 aliphatic carbocycles. The van der Waals surface area contributed by atoms with Crippen LogP contribution in [-0.2, 0) is 38.6 Å². The third-order valence-electron chi connectivity index (χ3n) is 7.53. The fourth-order valence-electron chi connectivity index (χ4n) is 5.47. The molecule has 1 heterocycles. The largest absolute Gasteiger partial charge is 0.487 e. The first-order valence-corrected chi connectivity index (χ1v) is 13.4. The van der Waals surface area contributed by atoms with E-state index < -0.39 is 18.1 Å². The van der Waals surface area contributed by atoms with Crippen LogP contribution in [0, 0.1) is 11.3 Å². The van der Waals surface area contributed by atoms with Gasteiger partial charge in [0.15, 0.2) is 6.10 Å². The Morgan fingerprint density at radius 3 is 2.36 bits per heavy atom. The summed E-state index contributed by atoms with van der Waals surface area (Å²) in [6, 6.07) is 24.0. The summed E-state index contributed by atoms with van der Waals surface area (Å²) in [5, 5.41) is 9.81. The fraction of sp³-hybridized carbons (Fsp3) is 0.344. The van der Waals surface area contributed by atoms with Crippen LogP contribution in [0.4, 0.5) is 0 Å². The topological polar surface area (TPSA) is 88.9 Å². The van der Waals surface area contributed by atoms with Crippen LogP contribution in [0.15, 0.2) is 72.8 Å². The summed E-state index contributed by atoms with van der Waals surface area (Å²) in [6.07, 6.45) is 3.35. The first-order valence-electron chi connectivity index (χ1n) is 13.4. The van der Waals surface area contributed by atoms with Crippen molar-refractivity contribution in [3.05, 3.63) is 101 Å². The van der Waals surface area contributed by atoms with Gasteiger partial charge in [-0.2, -0.15) is 5.26 Å². The molecule has 7 heteroatoms. The van der Waals surface area contributed by atoms with Gasteiger partial charge in [-0.15, -0.1) is 0 Å². The number of rotatable bonds is 8. The Morgan fingerprint density at radius 1 is 1.00 bits per heavy atom. The Morgan fingerprint density at radius 2 is 1.69 bits per heavy atom. The molecule has 1 unspecified atom stereocenters. The van der Waals surface area contributed by atoms with Gasteiger partial charge in [0.25, 0.3) is 5.91 Å². The molecule has 5 rings (SSSR count). The maximum absolute atomic E-state index is 14.2. The van der Waals surface area contributed by atoms with Gasteiger partial charge in [-0.3, -0.25) is 4.79 Å². The number of ether oxygens (including phenoxy) is 3. The maximum Gasteiger partial charge on any atom is 0.328 e. The molecule has 0 aromatic heterocycles. The highest BCUT2D eigenvalue weighted by Crippen LogP contribution is 2.37. The minimum atomic E-state index is -0.874. The summed E-state index contributed by atoms with van der Waals surface area (Å²) in [5.74, 6) is -0.343. The van der Waals surface area contributed by atoms with Crippen molar-refractivity contribution in [3.8, 4) is 11.8 Å². The molecule has 2 aliphatic rings. The summed E-state index contributed by atoms with van der Waals surface area (Å²) in [5.41, 5.74) is 3.69. The summed E-state index contributed by atoms with van der Waals surface area (Å²) < 4.78 is 17.7. The molecule has 0 N–H and O–H groups in total. The molecule has 3 aromatic carbocycles. The van der Waals surface area contributed by atoms with Crippen LogP contribution in [0.2, 0.25) is 0 Å². The van der Waals surface area contributed by atoms with Crippen LogP contribution in [0.5, 0.6) is 5.75 Å². The highest BCUT2D eigenvalue weighted by Gasteiger charge is 2.41. The van der Waals surface area contributed by atoms with Gasteiger partial charge >= 0.3 is 5.97 Å². The van der Waals surface area contributed by atoms with E-state index in [0.717, 1.165) is 47.9 Å². The SMILES string of the molecule is COC(=O)C1Cc2c(ccc(C#N)c2OCc2ccccc2)CN1C(=O)[C@@H](OC1CCCC1)c1ccccc1. The Labute approximate surface area is 228 Å². The molecular formula is C32H32N2O5. The zero-order valence-electron chi connectivity index (χ0n) is 22.0. The summed E-state index contributed by atoms with van der Waals surface area (Å²) >= 11 is 0. The van der Waals surface area contributed by atoms with E-state index >= 15 is 0 Å². The molecular weight excluding hydrogens is 492 g/mol. The van der Waals surface area contributed by atoms with Gasteiger partial charge in [-0.25, -0.2) is 4.79 Å². The molecule has 39 heavy (non-hydrogen) atoms. The fourth-order valence-corrected chi connectivity index (χ4v) is 5.47. The third kappa shape index (κ3) is 5.81. The Kier molecular flexibility index (Phi) is 8.24. The number of methoxy groups -OCH3 is 1. The van der Waals surface area contributed by atoms with Gasteiger partial charge in [0.2, 0.25) is 0 Å². The maximum atomic E-state index is 14.2. The summed E-state index contributed by atoms with van der Waals surface area (Å²) in [7, 11) is 1.32. The number of nitrogens with zero attached hydrogens (tertiary/aromatic N) is 2. The normalized spacial score (nSPS) is 17.6. The first-order chi connectivity index (χ1) is 19.1. The molecule has 1 fully saturated rings. The van der Waals surface area contributed by atoms with Crippen molar-refractivity contribution in [2.75, 3.05) is 7.11 Å². The summed E-state index contributed by atoms with van der Waals surface area (Å²) in [6.45, 7) is 0.460. The lowest BCUT2D eigenvalue weighted by Gasteiger charge is -2.38. The van der Waals surface area contributed by atoms with Crippen molar-refractivity contribution >= 4 is 11.9 Å². The van der Waals surface area contributed by atoms with Crippen LogP contribution in [0.3, 0.4) is 0 Å². The van der Waals surface area contributed by atoms with Crippen molar-refractivity contribution in [2.45, 2.75) is 63.5 Å². The molecule has 0 saturated heterocycles. The molecule has 1 saturated carbocycles. The van der Waals surface area contributed by atoms with Crippen LogP contribution >= 0.6 is 0 Å². The monoisotopic (exact) mass is 524 g/mol. The van der Waals surface area contributed by atoms with Gasteiger partial charge in [0.1, 0.15) is 24.5 Å². The van der Waals surface area contributed by atoms with Gasteiger partial charge < -0.3 is 19.1 Å². The highest BCUT2D eigenvalue weighted by molar-refractivity contribution is 5.89. The van der Waals surface area contributed by atoms with Crippen molar-refractivity contribution in [1.29, 1.82) is 5.26 Å². The predicted molar refractivity (Wildman–Crippen MR) is 145 cm³/mol. The number of fused-ring (bicyclic) bond motifs is 1. The molecule has 0 radical (unpaired) electrons. The quantitative estimate of drug-likeness (QED) is 0.373. The zero-order valence-corrected chi connectivity index (χ0v) is 22.0. The smallest absolute Gasteiger partial charge is 0.328 e. The summed E-state index contributed by atoms with van der Waals surface area (Å²) in [4.78, 5) is 28.8. The van der Waals surface area contributed by atoms with Crippen LogP contribution in [0.1, 0.15) is 59.6 Å². The minimum absolute atomic E-state index is 0.00369. The average Bonchev–Trinajstić information content (AvgIpc) is 3.51. The Balaban J connectivity index is 1.48. The van der Waals surface area contributed by atoms with E-state index in [1.54, 1.807) is 11.0 Å². The number of nitriles is 1. The van der Waals surface area contributed by atoms with E-state index in [-0.39, 0.29) is 31.6 Å². The number of amides is 1. The minimum Gasteiger partial charge on any atom is -0.487 e. The lowest BCUT2D eigenvalue weighted by atomic mass is 9.90. The predicted octanol–water partition coefficient (Wildman–Crippen LogP) is 5.26. The van der Waals surface area contributed by atoms with Gasteiger partial charge in [0.05, 0.1) is 18.8 Å². The van der Waals surface area contributed by atoms with Crippen molar-refractivity contribution in [1.82, 2.24) is 4.90 Å². The van der Waals surface area contributed by atoms with E-state index in [4.69, 9.17) is 14.2 Å². The third-order valence-corrected chi connectivity index (χ3v) is 7.53. The Bertz CT molecular complexity index is 1350. The number of esters is 1. The number of benzene rings is 3. The lowest BCUT2D eigenvalue weighted by Crippen LogP contribution is -2.51. The van der Waals surface area contributed by atoms with E-state index in [1.165, 1.54) is 7.11 Å². The number of carbonyl (C=O) groups excluding carboxylic acids is 2. The van der Waals surface area contributed by atoms with E-state index in [1.807, 2.05) is 66.7 Å². The molecule has 3 aromatic rings. The van der Waals surface area contributed by atoms with E-state index in [9.17, 15) is 14.9 Å². The zero-order chi connectivity index (χ0) is 27.2. The van der Waals surface area contributed by atoms with Gasteiger partial charge in [-0.1, -0.05) is 79.6 Å². The highest BCUT2D eigenvalue weighted by atomic mass is 16.5. The molecule has 2 atom stereocenters. The van der Waals surface area contributed by atoms with Gasteiger partial charge in [-0.05, 0) is 35.6 Å². The first kappa shape index (κ1) is 26.5. The molecule has 1 aliphatic heterocycles. The molecule has 1 amide bonds. The molecule has 7 nitrogen and oxygen atoms in total. The van der Waals surface area contributed by atoms with Crippen molar-refractivity contribution in [2.24, 2.45) is 0 Å². The van der Waals surface area contributed by atoms with E-state index in [0.29, 0.717) is 11.3 Å². The molecule has 0 bridgehead atoms. The van der Waals surface area contributed by atoms with Crippen LogP contribution < -0.4 is 4.74 Å². The number of carbonyl (C=O) groups is 2. The average molecular weight is 525 g/mol. The second-order valence-corrected chi connectivity index (χ2v) is 10.0.